The van der Waals surface area contributed by atoms with Crippen LogP contribution in [0.15, 0.2) is 0 Å². The number of alkyl halides is 1. The molecule has 0 aromatic heterocycles. The Morgan fingerprint density at radius 1 is 1.05 bits per heavy atom. The minimum atomic E-state index is 0.263. The van der Waals surface area contributed by atoms with Gasteiger partial charge >= 0.3 is 0 Å². The van der Waals surface area contributed by atoms with Crippen molar-refractivity contribution in [3.05, 3.63) is 0 Å². The van der Waals surface area contributed by atoms with Crippen molar-refractivity contribution < 1.29 is 4.79 Å². The summed E-state index contributed by atoms with van der Waals surface area (Å²) in [6, 6.07) is 0. The van der Waals surface area contributed by atoms with Gasteiger partial charge in [0, 0.05) is 18.3 Å². The molecule has 0 aromatic rings. The smallest absolute Gasteiger partial charge is 0.220 e. The second kappa shape index (κ2) is 11.6. The molecule has 0 aromatic carbocycles. The Morgan fingerprint density at radius 2 is 1.70 bits per heavy atom. The zero-order valence-corrected chi connectivity index (χ0v) is 14.7. The highest BCUT2D eigenvalue weighted by atomic mass is 79.9. The maximum Gasteiger partial charge on any atom is 0.220 e. The first kappa shape index (κ1) is 18.0. The van der Waals surface area contributed by atoms with Gasteiger partial charge in [0.15, 0.2) is 0 Å². The van der Waals surface area contributed by atoms with Gasteiger partial charge in [-0.3, -0.25) is 4.79 Å². The summed E-state index contributed by atoms with van der Waals surface area (Å²) in [7, 11) is 0. The predicted molar refractivity (Wildman–Crippen MR) is 90.2 cm³/mol. The molecule has 0 bridgehead atoms. The van der Waals surface area contributed by atoms with Crippen LogP contribution in [-0.2, 0) is 4.79 Å². The third kappa shape index (κ3) is 7.66. The fraction of sp³-hybridized carbons (Fsp3) is 0.941. The summed E-state index contributed by atoms with van der Waals surface area (Å²) in [5, 5.41) is 4.25. The number of hydrogen-bond donors (Lipinski definition) is 1. The van der Waals surface area contributed by atoms with Gasteiger partial charge in [-0.1, -0.05) is 67.8 Å². The van der Waals surface area contributed by atoms with E-state index in [0.29, 0.717) is 5.92 Å². The van der Waals surface area contributed by atoms with E-state index in [1.807, 2.05) is 0 Å². The zero-order valence-electron chi connectivity index (χ0n) is 13.1. The molecule has 20 heavy (non-hydrogen) atoms. The predicted octanol–water partition coefficient (Wildman–Crippen LogP) is 5.05. The van der Waals surface area contributed by atoms with Gasteiger partial charge in [0.05, 0.1) is 0 Å². The van der Waals surface area contributed by atoms with Crippen molar-refractivity contribution in [2.24, 2.45) is 11.8 Å². The molecule has 1 aliphatic carbocycles. The molecular weight excluding hydrogens is 314 g/mol. The number of halogens is 1. The van der Waals surface area contributed by atoms with Crippen LogP contribution in [0.4, 0.5) is 0 Å². The fourth-order valence-corrected chi connectivity index (χ4v) is 4.01. The molecule has 0 saturated heterocycles. The molecule has 2 atom stereocenters. The Labute approximate surface area is 133 Å². The summed E-state index contributed by atoms with van der Waals surface area (Å²) in [6.07, 6.45) is 13.5. The van der Waals surface area contributed by atoms with Gasteiger partial charge < -0.3 is 5.32 Å². The van der Waals surface area contributed by atoms with Gasteiger partial charge in [-0.25, -0.2) is 0 Å². The molecule has 118 valence electrons. The summed E-state index contributed by atoms with van der Waals surface area (Å²) < 4.78 is 0. The second-order valence-corrected chi connectivity index (χ2v) is 6.93. The van der Waals surface area contributed by atoms with Crippen molar-refractivity contribution >= 4 is 21.8 Å². The van der Waals surface area contributed by atoms with E-state index in [-0.39, 0.29) is 5.91 Å². The van der Waals surface area contributed by atoms with Crippen LogP contribution >= 0.6 is 15.9 Å². The van der Waals surface area contributed by atoms with Crippen LogP contribution in [0, 0.1) is 11.8 Å². The first-order chi connectivity index (χ1) is 9.77. The molecular formula is C17H32BrNO. The molecule has 1 fully saturated rings. The Kier molecular flexibility index (Phi) is 10.4. The fourth-order valence-electron chi connectivity index (χ4n) is 3.16. The lowest BCUT2D eigenvalue weighted by Gasteiger charge is -2.30. The largest absolute Gasteiger partial charge is 0.356 e. The molecule has 3 heteroatoms. The van der Waals surface area contributed by atoms with E-state index >= 15 is 0 Å². The van der Waals surface area contributed by atoms with Crippen LogP contribution in [0.2, 0.25) is 0 Å². The summed E-state index contributed by atoms with van der Waals surface area (Å²) in [5.74, 6) is 1.72. The SMILES string of the molecule is CCCCCCCCC(=O)NCC1CCCCC1CBr. The van der Waals surface area contributed by atoms with E-state index in [1.54, 1.807) is 0 Å². The topological polar surface area (TPSA) is 29.1 Å². The lowest BCUT2D eigenvalue weighted by Crippen LogP contribution is -2.34. The van der Waals surface area contributed by atoms with Crippen LogP contribution in [0.5, 0.6) is 0 Å². The Hall–Kier alpha value is -0.0500. The second-order valence-electron chi connectivity index (χ2n) is 6.28. The minimum absolute atomic E-state index is 0.263. The number of hydrogen-bond acceptors (Lipinski definition) is 1. The normalized spacial score (nSPS) is 22.7. The first-order valence-corrected chi connectivity index (χ1v) is 9.72. The molecule has 1 amide bonds. The van der Waals surface area contributed by atoms with Crippen LogP contribution in [0.3, 0.4) is 0 Å². The van der Waals surface area contributed by atoms with E-state index in [9.17, 15) is 4.79 Å². The van der Waals surface area contributed by atoms with Crippen LogP contribution in [-0.4, -0.2) is 17.8 Å². The summed E-state index contributed by atoms with van der Waals surface area (Å²) in [4.78, 5) is 11.8. The van der Waals surface area contributed by atoms with Gasteiger partial charge in [-0.05, 0) is 31.1 Å². The quantitative estimate of drug-likeness (QED) is 0.435. The van der Waals surface area contributed by atoms with E-state index in [1.165, 1.54) is 57.8 Å². The highest BCUT2D eigenvalue weighted by Crippen LogP contribution is 2.30. The van der Waals surface area contributed by atoms with Gasteiger partial charge in [0.2, 0.25) is 5.91 Å². The van der Waals surface area contributed by atoms with Crippen molar-refractivity contribution in [1.82, 2.24) is 5.32 Å². The molecule has 0 radical (unpaired) electrons. The molecule has 1 rings (SSSR count). The van der Waals surface area contributed by atoms with Crippen LogP contribution in [0.25, 0.3) is 0 Å². The Morgan fingerprint density at radius 3 is 2.40 bits per heavy atom. The van der Waals surface area contributed by atoms with Gasteiger partial charge in [-0.2, -0.15) is 0 Å². The van der Waals surface area contributed by atoms with E-state index < -0.39 is 0 Å². The maximum atomic E-state index is 11.8. The molecule has 2 nitrogen and oxygen atoms in total. The van der Waals surface area contributed by atoms with Crippen molar-refractivity contribution in [2.45, 2.75) is 77.6 Å². The summed E-state index contributed by atoms with van der Waals surface area (Å²) >= 11 is 3.62. The van der Waals surface area contributed by atoms with Crippen molar-refractivity contribution in [3.8, 4) is 0 Å². The maximum absolute atomic E-state index is 11.8. The minimum Gasteiger partial charge on any atom is -0.356 e. The third-order valence-electron chi connectivity index (χ3n) is 4.58. The number of nitrogens with one attached hydrogen (secondary N) is 1. The summed E-state index contributed by atoms with van der Waals surface area (Å²) in [5.41, 5.74) is 0. The van der Waals surface area contributed by atoms with Crippen LogP contribution < -0.4 is 5.32 Å². The molecule has 0 spiro atoms. The molecule has 1 N–H and O–H groups in total. The Bertz CT molecular complexity index is 257. The van der Waals surface area contributed by atoms with E-state index in [4.69, 9.17) is 0 Å². The van der Waals surface area contributed by atoms with Gasteiger partial charge in [0.1, 0.15) is 0 Å². The molecule has 1 aliphatic rings. The lowest BCUT2D eigenvalue weighted by molar-refractivity contribution is -0.121. The van der Waals surface area contributed by atoms with Crippen molar-refractivity contribution in [3.63, 3.8) is 0 Å². The molecule has 0 aliphatic heterocycles. The standard InChI is InChI=1S/C17H32BrNO/c1-2-3-4-5-6-7-12-17(20)19-14-16-11-9-8-10-15(16)13-18/h15-16H,2-14H2,1H3,(H,19,20). The summed E-state index contributed by atoms with van der Waals surface area (Å²) in [6.45, 7) is 3.13. The average molecular weight is 346 g/mol. The van der Waals surface area contributed by atoms with Gasteiger partial charge in [-0.15, -0.1) is 0 Å². The third-order valence-corrected chi connectivity index (χ3v) is 5.42. The Balaban J connectivity index is 2.04. The number of amides is 1. The lowest BCUT2D eigenvalue weighted by atomic mass is 9.80. The molecule has 2 unspecified atom stereocenters. The van der Waals surface area contributed by atoms with Crippen molar-refractivity contribution in [2.75, 3.05) is 11.9 Å². The molecule has 0 heterocycles. The van der Waals surface area contributed by atoms with Gasteiger partial charge in [0.25, 0.3) is 0 Å². The highest BCUT2D eigenvalue weighted by molar-refractivity contribution is 9.09. The number of carbonyl (C=O) groups excluding carboxylic acids is 1. The monoisotopic (exact) mass is 345 g/mol. The highest BCUT2D eigenvalue weighted by Gasteiger charge is 2.24. The van der Waals surface area contributed by atoms with E-state index in [2.05, 4.69) is 28.2 Å². The first-order valence-electron chi connectivity index (χ1n) is 8.60. The van der Waals surface area contributed by atoms with Crippen LogP contribution in [0.1, 0.15) is 77.6 Å². The number of rotatable bonds is 10. The zero-order chi connectivity index (χ0) is 14.6. The van der Waals surface area contributed by atoms with E-state index in [0.717, 1.165) is 30.6 Å². The van der Waals surface area contributed by atoms with Crippen molar-refractivity contribution in [1.29, 1.82) is 0 Å². The average Bonchev–Trinajstić information content (AvgIpc) is 2.49. The number of unbranched alkanes of at least 4 members (excludes halogenated alkanes) is 5. The number of carbonyl (C=O) groups is 1. The molecule has 1 saturated carbocycles.